The number of hydrogen-bond donors (Lipinski definition) is 2. The predicted molar refractivity (Wildman–Crippen MR) is 64.5 cm³/mol. The van der Waals surface area contributed by atoms with Crippen LogP contribution < -0.4 is 16.0 Å². The van der Waals surface area contributed by atoms with Gasteiger partial charge in [0.2, 0.25) is 0 Å². The van der Waals surface area contributed by atoms with Crippen LogP contribution >= 0.6 is 0 Å². The lowest BCUT2D eigenvalue weighted by molar-refractivity contribution is 0.246. The van der Waals surface area contributed by atoms with Crippen LogP contribution in [0.15, 0.2) is 24.3 Å². The zero-order valence-corrected chi connectivity index (χ0v) is 9.44. The van der Waals surface area contributed by atoms with Crippen LogP contribution in [0.5, 0.6) is 0 Å². The third-order valence-corrected chi connectivity index (χ3v) is 2.90. The SMILES string of the molecule is Cc1cccc(N2CC[C@@H](NC(N)=O)C2)c1. The number of benzene rings is 1. The van der Waals surface area contributed by atoms with Gasteiger partial charge in [0.1, 0.15) is 0 Å². The third-order valence-electron chi connectivity index (χ3n) is 2.90. The smallest absolute Gasteiger partial charge is 0.312 e. The number of carbonyl (C=O) groups excluding carboxylic acids is 1. The van der Waals surface area contributed by atoms with Crippen LogP contribution in [0.2, 0.25) is 0 Å². The van der Waals surface area contributed by atoms with Crippen molar-refractivity contribution in [2.45, 2.75) is 19.4 Å². The summed E-state index contributed by atoms with van der Waals surface area (Å²) in [6.45, 7) is 3.89. The molecule has 0 radical (unpaired) electrons. The molecular formula is C12H17N3O. The summed E-state index contributed by atoms with van der Waals surface area (Å²) in [6.07, 6.45) is 0.955. The monoisotopic (exact) mass is 219 g/mol. The Bertz CT molecular complexity index is 392. The zero-order chi connectivity index (χ0) is 11.5. The first-order chi connectivity index (χ1) is 7.65. The molecule has 1 fully saturated rings. The fourth-order valence-electron chi connectivity index (χ4n) is 2.14. The molecule has 0 spiro atoms. The van der Waals surface area contributed by atoms with E-state index in [1.807, 2.05) is 0 Å². The van der Waals surface area contributed by atoms with Crippen LogP contribution in [0.3, 0.4) is 0 Å². The number of primary amides is 1. The van der Waals surface area contributed by atoms with Gasteiger partial charge in [0.25, 0.3) is 0 Å². The molecule has 1 aromatic rings. The molecule has 4 nitrogen and oxygen atoms in total. The standard InChI is InChI=1S/C12H17N3O/c1-9-3-2-4-11(7-9)15-6-5-10(8-15)14-12(13)16/h2-4,7,10H,5-6,8H2,1H3,(H3,13,14,16)/t10-/m1/s1. The third kappa shape index (κ3) is 2.45. The van der Waals surface area contributed by atoms with E-state index in [4.69, 9.17) is 5.73 Å². The first kappa shape index (κ1) is 10.8. The Balaban J connectivity index is 2.00. The summed E-state index contributed by atoms with van der Waals surface area (Å²) >= 11 is 0. The average Bonchev–Trinajstić information content (AvgIpc) is 2.65. The molecule has 3 N–H and O–H groups in total. The molecule has 1 aliphatic rings. The van der Waals surface area contributed by atoms with Gasteiger partial charge in [-0.1, -0.05) is 12.1 Å². The summed E-state index contributed by atoms with van der Waals surface area (Å²) in [5.74, 6) is 0. The quantitative estimate of drug-likeness (QED) is 0.786. The number of carbonyl (C=O) groups is 1. The number of aryl methyl sites for hydroxylation is 1. The summed E-state index contributed by atoms with van der Waals surface area (Å²) in [7, 11) is 0. The number of urea groups is 1. The van der Waals surface area contributed by atoms with Crippen LogP contribution in [-0.4, -0.2) is 25.2 Å². The van der Waals surface area contributed by atoms with Gasteiger partial charge < -0.3 is 16.0 Å². The lowest BCUT2D eigenvalue weighted by Crippen LogP contribution is -2.40. The van der Waals surface area contributed by atoms with Crippen molar-refractivity contribution in [3.8, 4) is 0 Å². The lowest BCUT2D eigenvalue weighted by Gasteiger charge is -2.19. The second kappa shape index (κ2) is 4.43. The maximum atomic E-state index is 10.7. The molecule has 2 amide bonds. The number of anilines is 1. The van der Waals surface area contributed by atoms with Gasteiger partial charge in [-0.05, 0) is 31.0 Å². The van der Waals surface area contributed by atoms with Crippen molar-refractivity contribution < 1.29 is 4.79 Å². The number of nitrogens with one attached hydrogen (secondary N) is 1. The molecule has 0 saturated carbocycles. The van der Waals surface area contributed by atoms with Crippen molar-refractivity contribution in [1.29, 1.82) is 0 Å². The highest BCUT2D eigenvalue weighted by molar-refractivity contribution is 5.72. The van der Waals surface area contributed by atoms with Crippen molar-refractivity contribution in [2.75, 3.05) is 18.0 Å². The minimum absolute atomic E-state index is 0.179. The van der Waals surface area contributed by atoms with Gasteiger partial charge in [0, 0.05) is 24.8 Å². The Morgan fingerprint density at radius 1 is 1.56 bits per heavy atom. The normalized spacial score (nSPS) is 19.8. The van der Waals surface area contributed by atoms with E-state index in [1.54, 1.807) is 0 Å². The van der Waals surface area contributed by atoms with Gasteiger partial charge in [-0.15, -0.1) is 0 Å². The van der Waals surface area contributed by atoms with Gasteiger partial charge in [-0.25, -0.2) is 4.79 Å². The van der Waals surface area contributed by atoms with Gasteiger partial charge in [-0.2, -0.15) is 0 Å². The maximum Gasteiger partial charge on any atom is 0.312 e. The Morgan fingerprint density at radius 3 is 3.06 bits per heavy atom. The van der Waals surface area contributed by atoms with E-state index in [9.17, 15) is 4.79 Å². The second-order valence-electron chi connectivity index (χ2n) is 4.28. The molecule has 0 aromatic heterocycles. The van der Waals surface area contributed by atoms with E-state index in [0.29, 0.717) is 0 Å². The fraction of sp³-hybridized carbons (Fsp3) is 0.417. The first-order valence-corrected chi connectivity index (χ1v) is 5.53. The molecule has 16 heavy (non-hydrogen) atoms. The minimum Gasteiger partial charge on any atom is -0.369 e. The molecule has 0 bridgehead atoms. The summed E-state index contributed by atoms with van der Waals surface area (Å²) in [4.78, 5) is 13.0. The minimum atomic E-state index is -0.434. The number of nitrogens with two attached hydrogens (primary N) is 1. The number of nitrogens with zero attached hydrogens (tertiary/aromatic N) is 1. The zero-order valence-electron chi connectivity index (χ0n) is 9.44. The number of rotatable bonds is 2. The second-order valence-corrected chi connectivity index (χ2v) is 4.28. The molecule has 86 valence electrons. The van der Waals surface area contributed by atoms with E-state index < -0.39 is 6.03 Å². The lowest BCUT2D eigenvalue weighted by atomic mass is 10.2. The number of hydrogen-bond acceptors (Lipinski definition) is 2. The highest BCUT2D eigenvalue weighted by atomic mass is 16.2. The topological polar surface area (TPSA) is 58.4 Å². The fourth-order valence-corrected chi connectivity index (χ4v) is 2.14. The van der Waals surface area contributed by atoms with Crippen LogP contribution in [0.4, 0.5) is 10.5 Å². The Labute approximate surface area is 95.4 Å². The highest BCUT2D eigenvalue weighted by Gasteiger charge is 2.23. The largest absolute Gasteiger partial charge is 0.369 e. The molecule has 1 saturated heterocycles. The predicted octanol–water partition coefficient (Wildman–Crippen LogP) is 1.24. The van der Waals surface area contributed by atoms with E-state index in [-0.39, 0.29) is 6.04 Å². The van der Waals surface area contributed by atoms with Crippen molar-refractivity contribution in [3.63, 3.8) is 0 Å². The van der Waals surface area contributed by atoms with E-state index in [0.717, 1.165) is 19.5 Å². The summed E-state index contributed by atoms with van der Waals surface area (Å²) in [5.41, 5.74) is 7.58. The van der Waals surface area contributed by atoms with Gasteiger partial charge in [0.05, 0.1) is 0 Å². The average molecular weight is 219 g/mol. The van der Waals surface area contributed by atoms with E-state index >= 15 is 0 Å². The van der Waals surface area contributed by atoms with Gasteiger partial charge in [-0.3, -0.25) is 0 Å². The molecule has 1 aromatic carbocycles. The summed E-state index contributed by atoms with van der Waals surface area (Å²) in [6, 6.07) is 8.14. The van der Waals surface area contributed by atoms with Gasteiger partial charge in [0.15, 0.2) is 0 Å². The molecular weight excluding hydrogens is 202 g/mol. The van der Waals surface area contributed by atoms with Crippen LogP contribution in [0.1, 0.15) is 12.0 Å². The van der Waals surface area contributed by atoms with Crippen molar-refractivity contribution in [3.05, 3.63) is 29.8 Å². The molecule has 2 rings (SSSR count). The maximum absolute atomic E-state index is 10.7. The number of amides is 2. The van der Waals surface area contributed by atoms with Crippen LogP contribution in [0.25, 0.3) is 0 Å². The molecule has 1 aliphatic heterocycles. The van der Waals surface area contributed by atoms with Crippen molar-refractivity contribution in [2.24, 2.45) is 5.73 Å². The van der Waals surface area contributed by atoms with Gasteiger partial charge >= 0.3 is 6.03 Å². The first-order valence-electron chi connectivity index (χ1n) is 5.53. The highest BCUT2D eigenvalue weighted by Crippen LogP contribution is 2.21. The van der Waals surface area contributed by atoms with E-state index in [2.05, 4.69) is 41.4 Å². The Kier molecular flexibility index (Phi) is 2.99. The summed E-state index contributed by atoms with van der Waals surface area (Å²) < 4.78 is 0. The molecule has 0 unspecified atom stereocenters. The molecule has 1 heterocycles. The van der Waals surface area contributed by atoms with Crippen LogP contribution in [-0.2, 0) is 0 Å². The van der Waals surface area contributed by atoms with Crippen LogP contribution in [0, 0.1) is 6.92 Å². The van der Waals surface area contributed by atoms with Crippen molar-refractivity contribution >= 4 is 11.7 Å². The summed E-state index contributed by atoms with van der Waals surface area (Å²) in [5, 5.41) is 2.75. The Hall–Kier alpha value is -1.71. The van der Waals surface area contributed by atoms with E-state index in [1.165, 1.54) is 11.3 Å². The molecule has 1 atom stereocenters. The molecule has 4 heteroatoms. The Morgan fingerprint density at radius 2 is 2.38 bits per heavy atom. The van der Waals surface area contributed by atoms with Crippen molar-refractivity contribution in [1.82, 2.24) is 5.32 Å². The molecule has 0 aliphatic carbocycles.